The van der Waals surface area contributed by atoms with Gasteiger partial charge in [-0.3, -0.25) is 19.4 Å². The minimum absolute atomic E-state index is 0.0133. The SMILES string of the molecule is CN(C)C(=O)[C@H]1CC[C@H](NC(=O)c2cc3ccc(Cl)cc3cn2)[C@@H](NC(=O)c2nc3cn(C)cc3s2)C1. The molecule has 3 amide bonds. The molecule has 5 rings (SSSR count). The summed E-state index contributed by atoms with van der Waals surface area (Å²) >= 11 is 7.37. The highest BCUT2D eigenvalue weighted by atomic mass is 35.5. The minimum Gasteiger partial charge on any atom is -0.354 e. The molecule has 37 heavy (non-hydrogen) atoms. The molecule has 1 fully saturated rings. The first-order valence-electron chi connectivity index (χ1n) is 12.0. The zero-order valence-corrected chi connectivity index (χ0v) is 22.3. The molecule has 4 aromatic rings. The van der Waals surface area contributed by atoms with E-state index in [9.17, 15) is 14.4 Å². The lowest BCUT2D eigenvalue weighted by molar-refractivity contribution is -0.134. The second-order valence-corrected chi connectivity index (χ2v) is 11.1. The molecule has 0 unspecified atom stereocenters. The summed E-state index contributed by atoms with van der Waals surface area (Å²) in [7, 11) is 5.36. The summed E-state index contributed by atoms with van der Waals surface area (Å²) in [4.78, 5) is 49.4. The fourth-order valence-electron chi connectivity index (χ4n) is 4.84. The van der Waals surface area contributed by atoms with Gasteiger partial charge in [0.05, 0.1) is 16.3 Å². The highest BCUT2D eigenvalue weighted by molar-refractivity contribution is 7.20. The predicted molar refractivity (Wildman–Crippen MR) is 144 cm³/mol. The van der Waals surface area contributed by atoms with Gasteiger partial charge >= 0.3 is 0 Å². The van der Waals surface area contributed by atoms with Gasteiger partial charge in [-0.25, -0.2) is 4.98 Å². The van der Waals surface area contributed by atoms with E-state index >= 15 is 0 Å². The smallest absolute Gasteiger partial charge is 0.280 e. The molecule has 2 N–H and O–H groups in total. The van der Waals surface area contributed by atoms with E-state index in [2.05, 4.69) is 20.6 Å². The third kappa shape index (κ3) is 5.30. The predicted octanol–water partition coefficient (Wildman–Crippen LogP) is 3.62. The number of pyridine rings is 1. The van der Waals surface area contributed by atoms with Crippen molar-refractivity contribution in [3.63, 3.8) is 0 Å². The number of nitrogens with zero attached hydrogens (tertiary/aromatic N) is 4. The number of benzene rings is 1. The Morgan fingerprint density at radius 3 is 2.59 bits per heavy atom. The minimum atomic E-state index is -0.437. The molecule has 1 aromatic carbocycles. The third-order valence-electron chi connectivity index (χ3n) is 6.71. The van der Waals surface area contributed by atoms with Gasteiger partial charge in [-0.2, -0.15) is 0 Å². The van der Waals surface area contributed by atoms with Crippen molar-refractivity contribution >= 4 is 61.6 Å². The molecular weight excluding hydrogens is 512 g/mol. The van der Waals surface area contributed by atoms with Crippen LogP contribution in [0.1, 0.15) is 39.6 Å². The number of aromatic nitrogens is 3. The van der Waals surface area contributed by atoms with Crippen molar-refractivity contribution in [1.82, 2.24) is 30.1 Å². The number of thiazole rings is 1. The van der Waals surface area contributed by atoms with Crippen LogP contribution in [0.5, 0.6) is 0 Å². The standard InChI is InChI=1S/C26H27ClN6O3S/c1-32(2)26(36)15-5-7-18(29-23(34)20-9-14-4-6-17(27)8-16(14)11-28-20)19(10-15)30-24(35)25-31-21-12-33(3)13-22(21)37-25/h4,6,8-9,11-13,15,18-19H,5,7,10H2,1-3H3,(H,29,34)(H,30,35)/t15-,18-,19-/m0/s1. The second kappa shape index (κ2) is 10.1. The van der Waals surface area contributed by atoms with Crippen LogP contribution in [0.15, 0.2) is 42.9 Å². The summed E-state index contributed by atoms with van der Waals surface area (Å²) < 4.78 is 2.82. The van der Waals surface area contributed by atoms with Gasteiger partial charge in [-0.05, 0) is 42.8 Å². The number of hydrogen-bond acceptors (Lipinski definition) is 6. The van der Waals surface area contributed by atoms with E-state index in [4.69, 9.17) is 11.6 Å². The maximum atomic E-state index is 13.2. The zero-order chi connectivity index (χ0) is 26.3. The third-order valence-corrected chi connectivity index (χ3v) is 7.95. The van der Waals surface area contributed by atoms with Gasteiger partial charge < -0.3 is 20.1 Å². The van der Waals surface area contributed by atoms with Crippen molar-refractivity contribution in [2.24, 2.45) is 13.0 Å². The van der Waals surface area contributed by atoms with E-state index < -0.39 is 6.04 Å². The van der Waals surface area contributed by atoms with E-state index in [0.717, 1.165) is 21.0 Å². The molecule has 9 nitrogen and oxygen atoms in total. The van der Waals surface area contributed by atoms with Crippen LogP contribution in [0.3, 0.4) is 0 Å². The molecule has 192 valence electrons. The Morgan fingerprint density at radius 2 is 1.84 bits per heavy atom. The highest BCUT2D eigenvalue weighted by Crippen LogP contribution is 2.28. The quantitative estimate of drug-likeness (QED) is 0.403. The highest BCUT2D eigenvalue weighted by Gasteiger charge is 2.37. The average Bonchev–Trinajstić information content (AvgIpc) is 3.41. The van der Waals surface area contributed by atoms with Crippen molar-refractivity contribution in [3.05, 3.63) is 58.6 Å². The van der Waals surface area contributed by atoms with E-state index in [0.29, 0.717) is 29.3 Å². The van der Waals surface area contributed by atoms with Crippen molar-refractivity contribution in [1.29, 1.82) is 0 Å². The molecule has 1 aliphatic carbocycles. The van der Waals surface area contributed by atoms with Gasteiger partial charge in [0.25, 0.3) is 11.8 Å². The number of hydrogen-bond donors (Lipinski definition) is 2. The van der Waals surface area contributed by atoms with Gasteiger partial charge in [0.2, 0.25) is 5.91 Å². The lowest BCUT2D eigenvalue weighted by Gasteiger charge is -2.37. The molecule has 3 aromatic heterocycles. The van der Waals surface area contributed by atoms with Gasteiger partial charge in [0.1, 0.15) is 5.69 Å². The number of fused-ring (bicyclic) bond motifs is 2. The first-order chi connectivity index (χ1) is 17.7. The fraction of sp³-hybridized carbons (Fsp3) is 0.346. The number of aryl methyl sites for hydroxylation is 1. The number of amides is 3. The summed E-state index contributed by atoms with van der Waals surface area (Å²) in [6, 6.07) is 6.32. The maximum Gasteiger partial charge on any atom is 0.280 e. The largest absolute Gasteiger partial charge is 0.354 e. The number of carbonyl (C=O) groups excluding carboxylic acids is 3. The Kier molecular flexibility index (Phi) is 6.87. The van der Waals surface area contributed by atoms with E-state index in [-0.39, 0.29) is 35.4 Å². The molecule has 3 atom stereocenters. The van der Waals surface area contributed by atoms with E-state index in [1.807, 2.05) is 30.1 Å². The van der Waals surface area contributed by atoms with E-state index in [1.165, 1.54) is 11.3 Å². The van der Waals surface area contributed by atoms with Crippen LogP contribution in [-0.2, 0) is 11.8 Å². The van der Waals surface area contributed by atoms with Gasteiger partial charge in [-0.15, -0.1) is 11.3 Å². The van der Waals surface area contributed by atoms with Gasteiger partial charge in [0, 0.05) is 62.1 Å². The Labute approximate surface area is 222 Å². The van der Waals surface area contributed by atoms with Crippen LogP contribution in [-0.4, -0.2) is 63.3 Å². The Balaban J connectivity index is 1.35. The number of carbonyl (C=O) groups is 3. The Bertz CT molecular complexity index is 1480. The molecule has 1 saturated carbocycles. The first kappa shape index (κ1) is 25.2. The van der Waals surface area contributed by atoms with Crippen molar-refractivity contribution in [2.75, 3.05) is 14.1 Å². The summed E-state index contributed by atoms with van der Waals surface area (Å²) in [5.41, 5.74) is 1.04. The zero-order valence-electron chi connectivity index (χ0n) is 20.7. The van der Waals surface area contributed by atoms with Gasteiger partial charge in [0.15, 0.2) is 5.01 Å². The average molecular weight is 539 g/mol. The van der Waals surface area contributed by atoms with Gasteiger partial charge in [-0.1, -0.05) is 17.7 Å². The monoisotopic (exact) mass is 538 g/mol. The van der Waals surface area contributed by atoms with Crippen LogP contribution in [0, 0.1) is 5.92 Å². The molecule has 0 bridgehead atoms. The van der Waals surface area contributed by atoms with Crippen LogP contribution in [0.25, 0.3) is 21.0 Å². The lowest BCUT2D eigenvalue weighted by atomic mass is 9.81. The second-order valence-electron chi connectivity index (χ2n) is 9.66. The van der Waals surface area contributed by atoms with E-state index in [1.54, 1.807) is 43.4 Å². The fourth-order valence-corrected chi connectivity index (χ4v) is 5.95. The topological polar surface area (TPSA) is 109 Å². The van der Waals surface area contributed by atoms with Crippen molar-refractivity contribution in [2.45, 2.75) is 31.3 Å². The number of nitrogens with one attached hydrogen (secondary N) is 2. The molecule has 11 heteroatoms. The first-order valence-corrected chi connectivity index (χ1v) is 13.2. The van der Waals surface area contributed by atoms with Crippen LogP contribution < -0.4 is 10.6 Å². The molecule has 0 radical (unpaired) electrons. The molecule has 1 aliphatic rings. The number of halogens is 1. The lowest BCUT2D eigenvalue weighted by Crippen LogP contribution is -2.56. The van der Waals surface area contributed by atoms with Crippen LogP contribution in [0.4, 0.5) is 0 Å². The molecule has 3 heterocycles. The molecule has 0 spiro atoms. The summed E-state index contributed by atoms with van der Waals surface area (Å²) in [5.74, 6) is -0.876. The molecule has 0 aliphatic heterocycles. The Hall–Kier alpha value is -3.50. The molecular formula is C26H27ClN6O3S. The normalized spacial score (nSPS) is 19.6. The van der Waals surface area contributed by atoms with Crippen molar-refractivity contribution in [3.8, 4) is 0 Å². The van der Waals surface area contributed by atoms with Crippen molar-refractivity contribution < 1.29 is 14.4 Å². The summed E-state index contributed by atoms with van der Waals surface area (Å²) in [6.07, 6.45) is 6.98. The molecule has 0 saturated heterocycles. The Morgan fingerprint density at radius 1 is 1.05 bits per heavy atom. The maximum absolute atomic E-state index is 13.2. The summed E-state index contributed by atoms with van der Waals surface area (Å²) in [5, 5.41) is 8.74. The summed E-state index contributed by atoms with van der Waals surface area (Å²) in [6.45, 7) is 0. The van der Waals surface area contributed by atoms with Crippen LogP contribution >= 0.6 is 22.9 Å². The van der Waals surface area contributed by atoms with Crippen LogP contribution in [0.2, 0.25) is 5.02 Å². The number of rotatable bonds is 5.